The maximum Gasteiger partial charge on any atom is 0.316 e. The molecule has 0 bridgehead atoms. The van der Waals surface area contributed by atoms with Gasteiger partial charge in [0.15, 0.2) is 8.32 Å². The number of hydrogen-bond donors (Lipinski definition) is 0. The molecule has 0 radical (unpaired) electrons. The minimum absolute atomic E-state index is 0.818. The second-order valence-electron chi connectivity index (χ2n) is 4.04. The highest BCUT2D eigenvalue weighted by Crippen LogP contribution is 2.22. The smallest absolute Gasteiger partial charge is 0.316 e. The van der Waals surface area contributed by atoms with E-state index in [1.807, 2.05) is 0 Å². The highest BCUT2D eigenvalue weighted by atomic mass is 28.5. The van der Waals surface area contributed by atoms with E-state index in [9.17, 15) is 0 Å². The second-order valence-corrected chi connectivity index (χ2v) is 13.9. The van der Waals surface area contributed by atoms with E-state index in [2.05, 4.69) is 33.5 Å². The molecule has 5 heteroatoms. The van der Waals surface area contributed by atoms with Crippen LogP contribution in [-0.4, -0.2) is 27.4 Å². The van der Waals surface area contributed by atoms with Crippen LogP contribution >= 0.6 is 0 Å². The predicted octanol–water partition coefficient (Wildman–Crippen LogP) is 1.62. The summed E-state index contributed by atoms with van der Waals surface area (Å²) in [5, 5.41) is 0. The van der Waals surface area contributed by atoms with Crippen LogP contribution in [0, 0.1) is 0 Å². The van der Waals surface area contributed by atoms with Gasteiger partial charge in [0.1, 0.15) is 10.5 Å². The fraction of sp³-hybridized carbons (Fsp3) is 1.00. The lowest BCUT2D eigenvalue weighted by Gasteiger charge is -2.34. The molecule has 0 spiro atoms. The molecule has 0 N–H and O–H groups in total. The summed E-state index contributed by atoms with van der Waals surface area (Å²) in [7, 11) is -2.31. The lowest BCUT2D eigenvalue weighted by Crippen LogP contribution is -2.48. The summed E-state index contributed by atoms with van der Waals surface area (Å²) in [6.45, 7) is 11.1. The molecule has 0 rings (SSSR count). The summed E-state index contributed by atoms with van der Waals surface area (Å²) in [4.78, 5) is 0. The molecule has 0 heterocycles. The summed E-state index contributed by atoms with van der Waals surface area (Å²) in [6, 6.07) is 2.19. The van der Waals surface area contributed by atoms with Gasteiger partial charge in [0, 0.05) is 0 Å². The van der Waals surface area contributed by atoms with Crippen molar-refractivity contribution in [3.8, 4) is 0 Å². The third-order valence-corrected chi connectivity index (χ3v) is 11.0. The summed E-state index contributed by atoms with van der Waals surface area (Å²) in [5.41, 5.74) is 0. The van der Waals surface area contributed by atoms with Crippen LogP contribution in [0.4, 0.5) is 0 Å². The molecule has 0 aromatic carbocycles. The lowest BCUT2D eigenvalue weighted by molar-refractivity contribution is 0.398. The Morgan fingerprint density at radius 2 is 1.50 bits per heavy atom. The van der Waals surface area contributed by atoms with Crippen LogP contribution in [-0.2, 0) is 8.23 Å². The zero-order valence-corrected chi connectivity index (χ0v) is 13.2. The van der Waals surface area contributed by atoms with Crippen molar-refractivity contribution < 1.29 is 8.23 Å². The molecule has 0 aliphatic rings. The standard InChI is InChI=1S/C7H22O2Si3/c1-6-12(7-2,8-10)9-11(3,4)5/h6-7H2,1-5,10H3. The predicted molar refractivity (Wildman–Crippen MR) is 62.2 cm³/mol. The minimum Gasteiger partial charge on any atom is -0.445 e. The first-order chi connectivity index (χ1) is 5.39. The Bertz CT molecular complexity index is 121. The van der Waals surface area contributed by atoms with E-state index in [1.165, 1.54) is 0 Å². The Labute approximate surface area is 81.6 Å². The Kier molecular flexibility index (Phi) is 4.93. The van der Waals surface area contributed by atoms with Crippen LogP contribution in [0.25, 0.3) is 0 Å². The third kappa shape index (κ3) is 3.99. The van der Waals surface area contributed by atoms with E-state index < -0.39 is 16.9 Å². The maximum absolute atomic E-state index is 6.16. The van der Waals surface area contributed by atoms with Crippen LogP contribution in [0.5, 0.6) is 0 Å². The van der Waals surface area contributed by atoms with Crippen LogP contribution < -0.4 is 0 Å². The molecule has 0 unspecified atom stereocenters. The van der Waals surface area contributed by atoms with Crippen LogP contribution in [0.3, 0.4) is 0 Å². The van der Waals surface area contributed by atoms with Gasteiger partial charge in [-0.15, -0.1) is 0 Å². The Balaban J connectivity index is 4.30. The van der Waals surface area contributed by atoms with Gasteiger partial charge in [0.05, 0.1) is 0 Å². The molecule has 0 aliphatic carbocycles. The van der Waals surface area contributed by atoms with E-state index >= 15 is 0 Å². The van der Waals surface area contributed by atoms with Crippen molar-refractivity contribution in [1.82, 2.24) is 0 Å². The average molecular weight is 223 g/mol. The molecular weight excluding hydrogens is 200 g/mol. The van der Waals surface area contributed by atoms with Crippen molar-refractivity contribution >= 4 is 27.4 Å². The van der Waals surface area contributed by atoms with E-state index in [4.69, 9.17) is 8.23 Å². The minimum atomic E-state index is -1.73. The van der Waals surface area contributed by atoms with Crippen molar-refractivity contribution in [2.75, 3.05) is 0 Å². The lowest BCUT2D eigenvalue weighted by atomic mass is 10.9. The Hall–Kier alpha value is 0.571. The quantitative estimate of drug-likeness (QED) is 0.658. The zero-order chi connectivity index (χ0) is 9.83. The van der Waals surface area contributed by atoms with Gasteiger partial charge < -0.3 is 8.23 Å². The normalized spacial score (nSPS) is 13.8. The van der Waals surface area contributed by atoms with Gasteiger partial charge in [-0.3, -0.25) is 0 Å². The molecule has 0 atom stereocenters. The molecule has 74 valence electrons. The van der Waals surface area contributed by atoms with Crippen LogP contribution in [0.1, 0.15) is 13.8 Å². The third-order valence-electron chi connectivity index (χ3n) is 1.94. The van der Waals surface area contributed by atoms with Gasteiger partial charge in [-0.2, -0.15) is 0 Å². The monoisotopic (exact) mass is 222 g/mol. The second kappa shape index (κ2) is 4.71. The maximum atomic E-state index is 6.16. The van der Waals surface area contributed by atoms with Crippen molar-refractivity contribution in [3.05, 3.63) is 0 Å². The van der Waals surface area contributed by atoms with Gasteiger partial charge in [-0.25, -0.2) is 0 Å². The first-order valence-electron chi connectivity index (χ1n) is 4.64. The molecule has 0 amide bonds. The number of rotatable bonds is 5. The van der Waals surface area contributed by atoms with E-state index in [-0.39, 0.29) is 0 Å². The fourth-order valence-electron chi connectivity index (χ4n) is 1.28. The van der Waals surface area contributed by atoms with Crippen molar-refractivity contribution in [1.29, 1.82) is 0 Å². The largest absolute Gasteiger partial charge is 0.445 e. The van der Waals surface area contributed by atoms with Gasteiger partial charge in [-0.1, -0.05) is 13.8 Å². The molecule has 0 fully saturated rings. The molecule has 12 heavy (non-hydrogen) atoms. The first-order valence-corrected chi connectivity index (χ1v) is 11.1. The van der Waals surface area contributed by atoms with Crippen molar-refractivity contribution in [2.45, 2.75) is 45.6 Å². The van der Waals surface area contributed by atoms with Crippen molar-refractivity contribution in [3.63, 3.8) is 0 Å². The fourth-order valence-corrected chi connectivity index (χ4v) is 10.8. The van der Waals surface area contributed by atoms with E-state index in [0.717, 1.165) is 22.6 Å². The molecule has 0 aromatic heterocycles. The Morgan fingerprint density at radius 1 is 1.08 bits per heavy atom. The zero-order valence-electron chi connectivity index (χ0n) is 9.23. The molecule has 0 aliphatic heterocycles. The van der Waals surface area contributed by atoms with Crippen LogP contribution in [0.2, 0.25) is 31.7 Å². The molecule has 2 nitrogen and oxygen atoms in total. The summed E-state index contributed by atoms with van der Waals surface area (Å²) < 4.78 is 11.9. The van der Waals surface area contributed by atoms with Gasteiger partial charge in [0.2, 0.25) is 0 Å². The Morgan fingerprint density at radius 3 is 1.58 bits per heavy atom. The molecule has 0 saturated carbocycles. The summed E-state index contributed by atoms with van der Waals surface area (Å²) >= 11 is 0. The van der Waals surface area contributed by atoms with Crippen molar-refractivity contribution in [2.24, 2.45) is 0 Å². The molecular formula is C7H22O2Si3. The van der Waals surface area contributed by atoms with Gasteiger partial charge in [-0.05, 0) is 31.7 Å². The average Bonchev–Trinajstić information content (AvgIpc) is 1.99. The molecule has 0 aromatic rings. The van der Waals surface area contributed by atoms with Gasteiger partial charge in [0.25, 0.3) is 0 Å². The molecule has 0 saturated heterocycles. The summed E-state index contributed by atoms with van der Waals surface area (Å²) in [6.07, 6.45) is 0. The topological polar surface area (TPSA) is 18.5 Å². The van der Waals surface area contributed by atoms with Crippen LogP contribution in [0.15, 0.2) is 0 Å². The highest BCUT2D eigenvalue weighted by Gasteiger charge is 2.36. The first kappa shape index (κ1) is 12.6. The van der Waals surface area contributed by atoms with E-state index in [1.54, 1.807) is 0 Å². The van der Waals surface area contributed by atoms with Gasteiger partial charge >= 0.3 is 8.56 Å². The SMILES string of the molecule is CC[Si](CC)(O[SiH3])O[Si](C)(C)C. The highest BCUT2D eigenvalue weighted by molar-refractivity contribution is 6.83. The number of hydrogen-bond acceptors (Lipinski definition) is 2. The van der Waals surface area contributed by atoms with E-state index in [0.29, 0.717) is 0 Å². The summed E-state index contributed by atoms with van der Waals surface area (Å²) in [5.74, 6) is 0.